The molecule has 0 amide bonds. The fourth-order valence-corrected chi connectivity index (χ4v) is 1.58. The Labute approximate surface area is 99.3 Å². The van der Waals surface area contributed by atoms with Crippen LogP contribution >= 0.6 is 11.6 Å². The molecule has 2 aromatic rings. The first-order valence-corrected chi connectivity index (χ1v) is 5.47. The van der Waals surface area contributed by atoms with Crippen molar-refractivity contribution in [2.24, 2.45) is 7.05 Å². The van der Waals surface area contributed by atoms with Gasteiger partial charge in [0.15, 0.2) is 0 Å². The molecule has 2 aromatic heterocycles. The van der Waals surface area contributed by atoms with E-state index < -0.39 is 0 Å². The van der Waals surface area contributed by atoms with Crippen molar-refractivity contribution >= 4 is 11.6 Å². The van der Waals surface area contributed by atoms with Gasteiger partial charge in [0.05, 0.1) is 11.9 Å². The molecule has 0 bridgehead atoms. The lowest BCUT2D eigenvalue weighted by Crippen LogP contribution is -1.99. The molecule has 0 aliphatic rings. The predicted octanol–water partition coefficient (Wildman–Crippen LogP) is 2.65. The average molecular weight is 237 g/mol. The van der Waals surface area contributed by atoms with Crippen LogP contribution in [0.3, 0.4) is 0 Å². The van der Waals surface area contributed by atoms with Crippen molar-refractivity contribution in [1.29, 1.82) is 0 Å². The van der Waals surface area contributed by atoms with Crippen molar-refractivity contribution in [3.63, 3.8) is 0 Å². The second kappa shape index (κ2) is 4.22. The van der Waals surface area contributed by atoms with E-state index in [4.69, 9.17) is 11.6 Å². The molecule has 4 nitrogen and oxygen atoms in total. The van der Waals surface area contributed by atoms with Gasteiger partial charge in [-0.3, -0.25) is 4.68 Å². The molecule has 16 heavy (non-hydrogen) atoms. The molecular weight excluding hydrogens is 224 g/mol. The molecule has 2 heterocycles. The van der Waals surface area contributed by atoms with Crippen molar-refractivity contribution in [2.75, 3.05) is 0 Å². The second-order valence-electron chi connectivity index (χ2n) is 3.99. The van der Waals surface area contributed by atoms with Gasteiger partial charge in [0.25, 0.3) is 0 Å². The standard InChI is InChI=1S/C11H13ClN4/c1-7(2)11-14-9(4-10(12)15-11)8-5-13-16(3)6-8/h4-7H,1-3H3. The van der Waals surface area contributed by atoms with E-state index in [2.05, 4.69) is 15.1 Å². The van der Waals surface area contributed by atoms with E-state index in [0.717, 1.165) is 17.1 Å². The summed E-state index contributed by atoms with van der Waals surface area (Å²) >= 11 is 5.97. The number of halogens is 1. The maximum absolute atomic E-state index is 5.97. The molecule has 0 N–H and O–H groups in total. The number of hydrogen-bond acceptors (Lipinski definition) is 3. The third kappa shape index (κ3) is 2.22. The van der Waals surface area contributed by atoms with Crippen molar-refractivity contribution in [3.8, 4) is 11.3 Å². The van der Waals surface area contributed by atoms with Gasteiger partial charge in [-0.05, 0) is 0 Å². The van der Waals surface area contributed by atoms with E-state index in [1.807, 2.05) is 27.1 Å². The van der Waals surface area contributed by atoms with Crippen LogP contribution in [0.25, 0.3) is 11.3 Å². The van der Waals surface area contributed by atoms with Gasteiger partial charge in [-0.2, -0.15) is 5.10 Å². The van der Waals surface area contributed by atoms with Gasteiger partial charge < -0.3 is 0 Å². The lowest BCUT2D eigenvalue weighted by Gasteiger charge is -2.05. The number of rotatable bonds is 2. The van der Waals surface area contributed by atoms with Crippen molar-refractivity contribution in [3.05, 3.63) is 29.4 Å². The second-order valence-corrected chi connectivity index (χ2v) is 4.38. The minimum absolute atomic E-state index is 0.258. The van der Waals surface area contributed by atoms with Gasteiger partial charge in [0.1, 0.15) is 11.0 Å². The van der Waals surface area contributed by atoms with Gasteiger partial charge >= 0.3 is 0 Å². The van der Waals surface area contributed by atoms with Crippen molar-refractivity contribution in [1.82, 2.24) is 19.7 Å². The van der Waals surface area contributed by atoms with Crippen molar-refractivity contribution in [2.45, 2.75) is 19.8 Å². The SMILES string of the molecule is CC(C)c1nc(Cl)cc(-c2cnn(C)c2)n1. The van der Waals surface area contributed by atoms with Crippen LogP contribution in [-0.4, -0.2) is 19.7 Å². The zero-order valence-electron chi connectivity index (χ0n) is 9.48. The Morgan fingerprint density at radius 3 is 2.62 bits per heavy atom. The van der Waals surface area contributed by atoms with E-state index in [1.54, 1.807) is 16.9 Å². The summed E-state index contributed by atoms with van der Waals surface area (Å²) in [7, 11) is 1.87. The molecular formula is C11H13ClN4. The summed E-state index contributed by atoms with van der Waals surface area (Å²) in [6, 6.07) is 1.75. The Morgan fingerprint density at radius 2 is 2.06 bits per heavy atom. The summed E-state index contributed by atoms with van der Waals surface area (Å²) in [5.41, 5.74) is 1.77. The first-order chi connectivity index (χ1) is 7.56. The van der Waals surface area contributed by atoms with E-state index in [0.29, 0.717) is 5.15 Å². The Bertz CT molecular complexity index is 504. The lowest BCUT2D eigenvalue weighted by molar-refractivity contribution is 0.767. The third-order valence-electron chi connectivity index (χ3n) is 2.23. The third-order valence-corrected chi connectivity index (χ3v) is 2.42. The lowest BCUT2D eigenvalue weighted by atomic mass is 10.2. The minimum Gasteiger partial charge on any atom is -0.275 e. The van der Waals surface area contributed by atoms with Crippen LogP contribution in [0.15, 0.2) is 18.5 Å². The molecule has 84 valence electrons. The topological polar surface area (TPSA) is 43.6 Å². The van der Waals surface area contributed by atoms with Crippen LogP contribution < -0.4 is 0 Å². The molecule has 0 atom stereocenters. The molecule has 0 saturated heterocycles. The summed E-state index contributed by atoms with van der Waals surface area (Å²) in [6.45, 7) is 4.08. The highest BCUT2D eigenvalue weighted by atomic mass is 35.5. The molecule has 0 aliphatic carbocycles. The summed E-state index contributed by atoms with van der Waals surface area (Å²) in [6.07, 6.45) is 3.67. The number of aryl methyl sites for hydroxylation is 1. The molecule has 0 spiro atoms. The number of hydrogen-bond donors (Lipinski definition) is 0. The summed E-state index contributed by atoms with van der Waals surface area (Å²) in [5.74, 6) is 1.01. The molecule has 0 aliphatic heterocycles. The molecule has 0 unspecified atom stereocenters. The Hall–Kier alpha value is -1.42. The highest BCUT2D eigenvalue weighted by molar-refractivity contribution is 6.29. The van der Waals surface area contributed by atoms with Crippen LogP contribution in [0.2, 0.25) is 5.15 Å². The highest BCUT2D eigenvalue weighted by Crippen LogP contribution is 2.21. The molecule has 0 aromatic carbocycles. The van der Waals surface area contributed by atoms with Gasteiger partial charge in [-0.15, -0.1) is 0 Å². The van der Waals surface area contributed by atoms with Crippen LogP contribution in [-0.2, 0) is 7.05 Å². The van der Waals surface area contributed by atoms with Gasteiger partial charge in [0, 0.05) is 30.8 Å². The zero-order valence-corrected chi connectivity index (χ0v) is 10.2. The average Bonchev–Trinajstić information content (AvgIpc) is 2.64. The predicted molar refractivity (Wildman–Crippen MR) is 63.3 cm³/mol. The molecule has 0 saturated carbocycles. The summed E-state index contributed by atoms with van der Waals surface area (Å²) in [4.78, 5) is 8.66. The monoisotopic (exact) mass is 236 g/mol. The van der Waals surface area contributed by atoms with Gasteiger partial charge in [-0.25, -0.2) is 9.97 Å². The maximum Gasteiger partial charge on any atom is 0.133 e. The van der Waals surface area contributed by atoms with Gasteiger partial charge in [-0.1, -0.05) is 25.4 Å². The van der Waals surface area contributed by atoms with E-state index in [9.17, 15) is 0 Å². The fourth-order valence-electron chi connectivity index (χ4n) is 1.39. The van der Waals surface area contributed by atoms with Crippen molar-refractivity contribution < 1.29 is 0 Å². The molecule has 5 heteroatoms. The Morgan fingerprint density at radius 1 is 1.31 bits per heavy atom. The Kier molecular flexibility index (Phi) is 2.92. The van der Waals surface area contributed by atoms with Crippen LogP contribution in [0.5, 0.6) is 0 Å². The fraction of sp³-hybridized carbons (Fsp3) is 0.364. The zero-order chi connectivity index (χ0) is 11.7. The minimum atomic E-state index is 0.258. The molecule has 0 radical (unpaired) electrons. The highest BCUT2D eigenvalue weighted by Gasteiger charge is 2.09. The molecule has 0 fully saturated rings. The first kappa shape index (κ1) is 11.1. The van der Waals surface area contributed by atoms with E-state index >= 15 is 0 Å². The molecule has 2 rings (SSSR count). The van der Waals surface area contributed by atoms with Gasteiger partial charge in [0.2, 0.25) is 0 Å². The first-order valence-electron chi connectivity index (χ1n) is 5.10. The van der Waals surface area contributed by atoms with E-state index in [1.165, 1.54) is 0 Å². The normalized spacial score (nSPS) is 11.1. The number of aromatic nitrogens is 4. The summed E-state index contributed by atoms with van der Waals surface area (Å²) < 4.78 is 1.74. The van der Waals surface area contributed by atoms with Crippen LogP contribution in [0, 0.1) is 0 Å². The Balaban J connectivity index is 2.49. The smallest absolute Gasteiger partial charge is 0.133 e. The van der Waals surface area contributed by atoms with Crippen LogP contribution in [0.4, 0.5) is 0 Å². The summed E-state index contributed by atoms with van der Waals surface area (Å²) in [5, 5.41) is 4.58. The maximum atomic E-state index is 5.97. The quantitative estimate of drug-likeness (QED) is 0.753. The van der Waals surface area contributed by atoms with Crippen LogP contribution in [0.1, 0.15) is 25.6 Å². The number of nitrogens with zero attached hydrogens (tertiary/aromatic N) is 4. The largest absolute Gasteiger partial charge is 0.275 e. The van der Waals surface area contributed by atoms with E-state index in [-0.39, 0.29) is 5.92 Å².